The third-order valence-electron chi connectivity index (χ3n) is 3.48. The molecule has 0 fully saturated rings. The van der Waals surface area contributed by atoms with Gasteiger partial charge in [-0.1, -0.05) is 38.0 Å². The Balaban J connectivity index is 2.89. The molecule has 0 saturated carbocycles. The van der Waals surface area contributed by atoms with Gasteiger partial charge in [0.1, 0.15) is 0 Å². The molecule has 0 aromatic heterocycles. The number of carbonyl (C=O) groups excluding carboxylic acids is 1. The van der Waals surface area contributed by atoms with E-state index in [1.807, 2.05) is 27.7 Å². The Morgan fingerprint density at radius 3 is 2.22 bits per heavy atom. The van der Waals surface area contributed by atoms with Crippen LogP contribution < -0.4 is 11.1 Å². The van der Waals surface area contributed by atoms with Gasteiger partial charge in [-0.2, -0.15) is 0 Å². The minimum absolute atomic E-state index is 0.0978. The summed E-state index contributed by atoms with van der Waals surface area (Å²) >= 11 is 0. The number of nitrogens with one attached hydrogen (secondary N) is 1. The maximum atomic E-state index is 12.1. The second-order valence-corrected chi connectivity index (χ2v) is 5.17. The molecule has 1 unspecified atom stereocenters. The van der Waals surface area contributed by atoms with Crippen LogP contribution in [0.5, 0.6) is 0 Å². The zero-order chi connectivity index (χ0) is 13.9. The second kappa shape index (κ2) is 6.01. The van der Waals surface area contributed by atoms with Crippen molar-refractivity contribution in [1.29, 1.82) is 0 Å². The number of benzene rings is 1. The normalized spacial score (nSPS) is 14.1. The molecule has 0 aliphatic heterocycles. The summed E-state index contributed by atoms with van der Waals surface area (Å²) < 4.78 is 0. The molecule has 0 spiro atoms. The zero-order valence-corrected chi connectivity index (χ0v) is 12.0. The van der Waals surface area contributed by atoms with Crippen molar-refractivity contribution in [3.05, 3.63) is 28.8 Å². The second-order valence-electron chi connectivity index (χ2n) is 5.17. The van der Waals surface area contributed by atoms with Gasteiger partial charge >= 0.3 is 0 Å². The Bertz CT molecular complexity index is 417. The minimum atomic E-state index is -0.449. The zero-order valence-electron chi connectivity index (χ0n) is 12.0. The van der Waals surface area contributed by atoms with Crippen molar-refractivity contribution in [2.24, 2.45) is 11.7 Å². The van der Waals surface area contributed by atoms with E-state index in [1.165, 1.54) is 5.56 Å². The van der Waals surface area contributed by atoms with E-state index in [-0.39, 0.29) is 11.8 Å². The number of anilines is 1. The monoisotopic (exact) mass is 248 g/mol. The van der Waals surface area contributed by atoms with Gasteiger partial charge in [-0.05, 0) is 37.8 Å². The summed E-state index contributed by atoms with van der Waals surface area (Å²) in [6, 6.07) is 3.68. The highest BCUT2D eigenvalue weighted by molar-refractivity contribution is 5.96. The molecule has 3 heteroatoms. The van der Waals surface area contributed by atoms with E-state index in [4.69, 9.17) is 5.73 Å². The molecule has 0 radical (unpaired) electrons. The number of rotatable bonds is 4. The lowest BCUT2D eigenvalue weighted by Crippen LogP contribution is -2.40. The summed E-state index contributed by atoms with van der Waals surface area (Å²) in [6.07, 6.45) is 0.903. The summed E-state index contributed by atoms with van der Waals surface area (Å²) in [5.74, 6) is 0.0930. The van der Waals surface area contributed by atoms with Crippen LogP contribution in [-0.4, -0.2) is 11.9 Å². The first kappa shape index (κ1) is 14.7. The van der Waals surface area contributed by atoms with Gasteiger partial charge in [0.25, 0.3) is 0 Å². The van der Waals surface area contributed by atoms with Crippen LogP contribution in [-0.2, 0) is 4.79 Å². The first-order chi connectivity index (χ1) is 8.36. The molecule has 3 nitrogen and oxygen atoms in total. The first-order valence-corrected chi connectivity index (χ1v) is 6.51. The summed E-state index contributed by atoms with van der Waals surface area (Å²) in [4.78, 5) is 12.1. The average molecular weight is 248 g/mol. The SMILES string of the molecule is CCC(C)[C@H](N)C(=O)Nc1c(C)cc(C)cc1C. The van der Waals surface area contributed by atoms with E-state index in [0.717, 1.165) is 23.2 Å². The van der Waals surface area contributed by atoms with Gasteiger partial charge in [0, 0.05) is 5.69 Å². The molecule has 0 bridgehead atoms. The van der Waals surface area contributed by atoms with Gasteiger partial charge < -0.3 is 11.1 Å². The Kier molecular flexibility index (Phi) is 4.91. The molecule has 1 aromatic carbocycles. The molecule has 1 aromatic rings. The fourth-order valence-corrected chi connectivity index (χ4v) is 2.10. The van der Waals surface area contributed by atoms with E-state index < -0.39 is 6.04 Å². The van der Waals surface area contributed by atoms with E-state index in [0.29, 0.717) is 0 Å². The van der Waals surface area contributed by atoms with E-state index in [9.17, 15) is 4.79 Å². The lowest BCUT2D eigenvalue weighted by Gasteiger charge is -2.20. The maximum Gasteiger partial charge on any atom is 0.241 e. The topological polar surface area (TPSA) is 55.1 Å². The van der Waals surface area contributed by atoms with Crippen molar-refractivity contribution in [3.8, 4) is 0 Å². The van der Waals surface area contributed by atoms with Crippen molar-refractivity contribution >= 4 is 11.6 Å². The Labute approximate surface area is 110 Å². The standard InChI is InChI=1S/C15H24N2O/c1-6-10(3)13(16)15(18)17-14-11(4)7-9(2)8-12(14)5/h7-8,10,13H,6,16H2,1-5H3,(H,17,18)/t10?,13-/m0/s1. The van der Waals surface area contributed by atoms with Gasteiger partial charge in [-0.3, -0.25) is 4.79 Å². The molecule has 1 amide bonds. The molecule has 0 heterocycles. The van der Waals surface area contributed by atoms with Crippen molar-refractivity contribution < 1.29 is 4.79 Å². The van der Waals surface area contributed by atoms with Crippen LogP contribution in [0.3, 0.4) is 0 Å². The van der Waals surface area contributed by atoms with Gasteiger partial charge in [0.15, 0.2) is 0 Å². The molecule has 2 atom stereocenters. The number of aryl methyl sites for hydroxylation is 3. The van der Waals surface area contributed by atoms with Crippen molar-refractivity contribution in [2.75, 3.05) is 5.32 Å². The summed E-state index contributed by atoms with van der Waals surface area (Å²) in [7, 11) is 0. The van der Waals surface area contributed by atoms with Crippen molar-refractivity contribution in [3.63, 3.8) is 0 Å². The van der Waals surface area contributed by atoms with E-state index in [1.54, 1.807) is 0 Å². The smallest absolute Gasteiger partial charge is 0.241 e. The first-order valence-electron chi connectivity index (χ1n) is 6.51. The molecule has 18 heavy (non-hydrogen) atoms. The van der Waals surface area contributed by atoms with Crippen LogP contribution in [0.2, 0.25) is 0 Å². The van der Waals surface area contributed by atoms with Crippen LogP contribution in [0.4, 0.5) is 5.69 Å². The molecule has 100 valence electrons. The Morgan fingerprint density at radius 2 is 1.78 bits per heavy atom. The summed E-state index contributed by atoms with van der Waals surface area (Å²) in [5.41, 5.74) is 10.2. The number of carbonyl (C=O) groups is 1. The molecular weight excluding hydrogens is 224 g/mol. The molecule has 0 aliphatic rings. The highest BCUT2D eigenvalue weighted by Gasteiger charge is 2.20. The summed E-state index contributed by atoms with van der Waals surface area (Å²) in [6.45, 7) is 10.1. The minimum Gasteiger partial charge on any atom is -0.324 e. The molecule has 1 rings (SSSR count). The third-order valence-corrected chi connectivity index (χ3v) is 3.48. The quantitative estimate of drug-likeness (QED) is 0.860. The van der Waals surface area contributed by atoms with Gasteiger partial charge in [0.05, 0.1) is 6.04 Å². The van der Waals surface area contributed by atoms with Crippen LogP contribution in [0.15, 0.2) is 12.1 Å². The van der Waals surface area contributed by atoms with Gasteiger partial charge in [0.2, 0.25) is 5.91 Å². The number of hydrogen-bond donors (Lipinski definition) is 2. The molecular formula is C15H24N2O. The Morgan fingerprint density at radius 1 is 1.28 bits per heavy atom. The van der Waals surface area contributed by atoms with Crippen molar-refractivity contribution in [1.82, 2.24) is 0 Å². The highest BCUT2D eigenvalue weighted by atomic mass is 16.2. The fraction of sp³-hybridized carbons (Fsp3) is 0.533. The summed E-state index contributed by atoms with van der Waals surface area (Å²) in [5, 5.41) is 2.96. The number of amides is 1. The predicted octanol–water partition coefficient (Wildman–Crippen LogP) is 2.92. The van der Waals surface area contributed by atoms with Gasteiger partial charge in [-0.15, -0.1) is 0 Å². The van der Waals surface area contributed by atoms with Crippen LogP contribution >= 0.6 is 0 Å². The van der Waals surface area contributed by atoms with Crippen LogP contribution in [0.25, 0.3) is 0 Å². The van der Waals surface area contributed by atoms with E-state index >= 15 is 0 Å². The molecule has 3 N–H and O–H groups in total. The largest absolute Gasteiger partial charge is 0.324 e. The van der Waals surface area contributed by atoms with Gasteiger partial charge in [-0.25, -0.2) is 0 Å². The van der Waals surface area contributed by atoms with Crippen LogP contribution in [0, 0.1) is 26.7 Å². The average Bonchev–Trinajstić information content (AvgIpc) is 2.31. The maximum absolute atomic E-state index is 12.1. The molecule has 0 saturated heterocycles. The predicted molar refractivity (Wildman–Crippen MR) is 76.7 cm³/mol. The lowest BCUT2D eigenvalue weighted by atomic mass is 9.98. The van der Waals surface area contributed by atoms with Crippen molar-refractivity contribution in [2.45, 2.75) is 47.1 Å². The molecule has 0 aliphatic carbocycles. The third kappa shape index (κ3) is 3.33. The van der Waals surface area contributed by atoms with Crippen LogP contribution in [0.1, 0.15) is 37.0 Å². The lowest BCUT2D eigenvalue weighted by molar-refractivity contribution is -0.118. The number of hydrogen-bond acceptors (Lipinski definition) is 2. The number of nitrogens with two attached hydrogens (primary N) is 1. The Hall–Kier alpha value is -1.35. The highest BCUT2D eigenvalue weighted by Crippen LogP contribution is 2.22. The van der Waals surface area contributed by atoms with E-state index in [2.05, 4.69) is 24.4 Å². The fourth-order valence-electron chi connectivity index (χ4n) is 2.10.